The zero-order valence-electron chi connectivity index (χ0n) is 11.4. The number of aliphatic imine (C=N–C) groups is 1. The van der Waals surface area contributed by atoms with E-state index in [1.165, 1.54) is 30.3 Å². The Morgan fingerprint density at radius 3 is 2.35 bits per heavy atom. The lowest BCUT2D eigenvalue weighted by Gasteiger charge is -2.10. The summed E-state index contributed by atoms with van der Waals surface area (Å²) in [7, 11) is 0. The largest absolute Gasteiger partial charge is 0.573 e. The van der Waals surface area contributed by atoms with Crippen LogP contribution in [0.25, 0.3) is 0 Å². The van der Waals surface area contributed by atoms with Crippen LogP contribution in [0.4, 0.5) is 24.5 Å². The number of hydrogen-bond acceptors (Lipinski definition) is 4. The lowest BCUT2D eigenvalue weighted by molar-refractivity contribution is -0.274. The third-order valence-corrected chi connectivity index (χ3v) is 2.66. The SMILES string of the molecule is O=C=Nc1ccccc1C(=O)Nc1ccc(OC(F)(F)F)cc1. The number of hydrogen-bond donors (Lipinski definition) is 1. The molecule has 0 fully saturated rings. The van der Waals surface area contributed by atoms with E-state index in [1.807, 2.05) is 0 Å². The number of halogens is 3. The molecule has 0 bridgehead atoms. The molecule has 0 aliphatic carbocycles. The molecule has 23 heavy (non-hydrogen) atoms. The van der Waals surface area contributed by atoms with Crippen LogP contribution in [0, 0.1) is 0 Å². The number of amides is 1. The van der Waals surface area contributed by atoms with Gasteiger partial charge >= 0.3 is 6.36 Å². The van der Waals surface area contributed by atoms with Crippen LogP contribution in [0.1, 0.15) is 10.4 Å². The Bertz CT molecular complexity index is 751. The van der Waals surface area contributed by atoms with E-state index in [9.17, 15) is 22.8 Å². The summed E-state index contributed by atoms with van der Waals surface area (Å²) in [4.78, 5) is 25.9. The summed E-state index contributed by atoms with van der Waals surface area (Å²) in [5.74, 6) is -0.967. The average Bonchev–Trinajstić information content (AvgIpc) is 2.48. The molecule has 0 aliphatic heterocycles. The van der Waals surface area contributed by atoms with Gasteiger partial charge in [0.05, 0.1) is 11.3 Å². The van der Waals surface area contributed by atoms with Crippen molar-refractivity contribution in [2.24, 2.45) is 4.99 Å². The summed E-state index contributed by atoms with van der Waals surface area (Å²) in [5, 5.41) is 2.48. The van der Waals surface area contributed by atoms with Crippen molar-refractivity contribution >= 4 is 23.4 Å². The Labute approximate surface area is 128 Å². The Kier molecular flexibility index (Phi) is 4.78. The van der Waals surface area contributed by atoms with Gasteiger partial charge in [-0.3, -0.25) is 4.79 Å². The molecule has 0 saturated carbocycles. The first kappa shape index (κ1) is 16.3. The zero-order valence-corrected chi connectivity index (χ0v) is 11.4. The summed E-state index contributed by atoms with van der Waals surface area (Å²) < 4.78 is 39.9. The van der Waals surface area contributed by atoms with Crippen LogP contribution < -0.4 is 10.1 Å². The number of anilines is 1. The maximum Gasteiger partial charge on any atom is 0.573 e. The zero-order chi connectivity index (χ0) is 16.9. The van der Waals surface area contributed by atoms with E-state index in [4.69, 9.17) is 0 Å². The molecule has 8 heteroatoms. The first-order chi connectivity index (χ1) is 10.9. The van der Waals surface area contributed by atoms with Crippen LogP contribution in [0.15, 0.2) is 53.5 Å². The van der Waals surface area contributed by atoms with E-state index in [-0.39, 0.29) is 16.9 Å². The maximum absolute atomic E-state index is 12.1. The molecular formula is C15H9F3N2O3. The van der Waals surface area contributed by atoms with Crippen molar-refractivity contribution in [3.05, 3.63) is 54.1 Å². The fourth-order valence-electron chi connectivity index (χ4n) is 1.75. The Balaban J connectivity index is 2.13. The summed E-state index contributed by atoms with van der Waals surface area (Å²) in [6.07, 6.45) is -3.44. The normalized spacial score (nSPS) is 10.6. The number of para-hydroxylation sites is 1. The van der Waals surface area contributed by atoms with Crippen LogP contribution in [0.2, 0.25) is 0 Å². The van der Waals surface area contributed by atoms with Gasteiger partial charge in [-0.2, -0.15) is 4.99 Å². The van der Waals surface area contributed by atoms with Crippen molar-refractivity contribution < 1.29 is 27.5 Å². The van der Waals surface area contributed by atoms with Gasteiger partial charge < -0.3 is 10.1 Å². The van der Waals surface area contributed by atoms with Crippen molar-refractivity contribution in [1.82, 2.24) is 0 Å². The summed E-state index contributed by atoms with van der Waals surface area (Å²) >= 11 is 0. The van der Waals surface area contributed by atoms with Crippen molar-refractivity contribution in [3.63, 3.8) is 0 Å². The lowest BCUT2D eigenvalue weighted by atomic mass is 10.1. The molecule has 2 aromatic carbocycles. The first-order valence-electron chi connectivity index (χ1n) is 6.23. The lowest BCUT2D eigenvalue weighted by Crippen LogP contribution is -2.17. The molecule has 0 saturated heterocycles. The van der Waals surface area contributed by atoms with E-state index in [0.29, 0.717) is 0 Å². The van der Waals surface area contributed by atoms with Crippen LogP contribution in [-0.4, -0.2) is 18.3 Å². The van der Waals surface area contributed by atoms with E-state index in [0.717, 1.165) is 12.1 Å². The molecule has 118 valence electrons. The molecular weight excluding hydrogens is 313 g/mol. The third kappa shape index (κ3) is 4.69. The fourth-order valence-corrected chi connectivity index (χ4v) is 1.75. The molecule has 0 aliphatic rings. The van der Waals surface area contributed by atoms with Gasteiger partial charge in [0, 0.05) is 5.69 Å². The third-order valence-electron chi connectivity index (χ3n) is 2.66. The van der Waals surface area contributed by atoms with Gasteiger partial charge in [-0.25, -0.2) is 4.79 Å². The van der Waals surface area contributed by atoms with Crippen molar-refractivity contribution in [1.29, 1.82) is 0 Å². The number of isocyanates is 1. The van der Waals surface area contributed by atoms with Crippen LogP contribution in [0.3, 0.4) is 0 Å². The fraction of sp³-hybridized carbons (Fsp3) is 0.0667. The smallest absolute Gasteiger partial charge is 0.406 e. The van der Waals surface area contributed by atoms with Gasteiger partial charge in [-0.1, -0.05) is 12.1 Å². The Morgan fingerprint density at radius 2 is 1.74 bits per heavy atom. The number of benzene rings is 2. The number of alkyl halides is 3. The maximum atomic E-state index is 12.1. The molecule has 0 atom stereocenters. The van der Waals surface area contributed by atoms with Crippen LogP contribution in [0.5, 0.6) is 5.75 Å². The molecule has 2 aromatic rings. The molecule has 0 spiro atoms. The van der Waals surface area contributed by atoms with E-state index in [1.54, 1.807) is 12.1 Å². The minimum Gasteiger partial charge on any atom is -0.406 e. The highest BCUT2D eigenvalue weighted by molar-refractivity contribution is 6.07. The Morgan fingerprint density at radius 1 is 1.09 bits per heavy atom. The van der Waals surface area contributed by atoms with Gasteiger partial charge in [0.1, 0.15) is 5.75 Å². The Hall–Kier alpha value is -3.12. The average molecular weight is 322 g/mol. The van der Waals surface area contributed by atoms with E-state index in [2.05, 4.69) is 15.0 Å². The molecule has 1 amide bonds. The topological polar surface area (TPSA) is 67.8 Å². The minimum absolute atomic E-state index is 0.131. The number of carbonyl (C=O) groups is 1. The number of ether oxygens (including phenoxy) is 1. The van der Waals surface area contributed by atoms with E-state index < -0.39 is 18.0 Å². The highest BCUT2D eigenvalue weighted by atomic mass is 19.4. The van der Waals surface area contributed by atoms with Crippen LogP contribution in [-0.2, 0) is 4.79 Å². The first-order valence-corrected chi connectivity index (χ1v) is 6.23. The van der Waals surface area contributed by atoms with Gasteiger partial charge in [0.25, 0.3) is 5.91 Å². The number of carbonyl (C=O) groups excluding carboxylic acids is 2. The van der Waals surface area contributed by atoms with Gasteiger partial charge in [0.15, 0.2) is 0 Å². The molecule has 2 rings (SSSR count). The quantitative estimate of drug-likeness (QED) is 0.687. The second kappa shape index (κ2) is 6.76. The predicted octanol–water partition coefficient (Wildman–Crippen LogP) is 3.80. The molecule has 5 nitrogen and oxygen atoms in total. The second-order valence-electron chi connectivity index (χ2n) is 4.25. The molecule has 1 N–H and O–H groups in total. The number of rotatable bonds is 4. The van der Waals surface area contributed by atoms with Gasteiger partial charge in [-0.15, -0.1) is 13.2 Å². The molecule has 0 heterocycles. The highest BCUT2D eigenvalue weighted by Crippen LogP contribution is 2.25. The highest BCUT2D eigenvalue weighted by Gasteiger charge is 2.30. The summed E-state index contributed by atoms with van der Waals surface area (Å²) in [5.41, 5.74) is 0.526. The molecule has 0 aromatic heterocycles. The standard InChI is InChI=1S/C15H9F3N2O3/c16-15(17,18)23-11-7-5-10(6-8-11)20-14(22)12-3-1-2-4-13(12)19-9-21/h1-8H,(H,20,22). The minimum atomic E-state index is -4.78. The monoisotopic (exact) mass is 322 g/mol. The molecule has 0 radical (unpaired) electrons. The summed E-state index contributed by atoms with van der Waals surface area (Å²) in [6.45, 7) is 0. The number of nitrogens with one attached hydrogen (secondary N) is 1. The van der Waals surface area contributed by atoms with Crippen molar-refractivity contribution in [2.75, 3.05) is 5.32 Å². The van der Waals surface area contributed by atoms with Crippen molar-refractivity contribution in [2.45, 2.75) is 6.36 Å². The van der Waals surface area contributed by atoms with E-state index >= 15 is 0 Å². The second-order valence-corrected chi connectivity index (χ2v) is 4.25. The van der Waals surface area contributed by atoms with Crippen molar-refractivity contribution in [3.8, 4) is 5.75 Å². The van der Waals surface area contributed by atoms with Gasteiger partial charge in [-0.05, 0) is 36.4 Å². The molecule has 0 unspecified atom stereocenters. The predicted molar refractivity (Wildman–Crippen MR) is 75.3 cm³/mol. The van der Waals surface area contributed by atoms with Gasteiger partial charge in [0.2, 0.25) is 6.08 Å². The number of nitrogens with zero attached hydrogens (tertiary/aromatic N) is 1. The van der Waals surface area contributed by atoms with Crippen LogP contribution >= 0.6 is 0 Å². The summed E-state index contributed by atoms with van der Waals surface area (Å²) in [6, 6.07) is 10.7.